The van der Waals surface area contributed by atoms with Gasteiger partial charge in [0, 0.05) is 15.0 Å². The summed E-state index contributed by atoms with van der Waals surface area (Å²) in [5.41, 5.74) is 0. The van der Waals surface area contributed by atoms with E-state index in [2.05, 4.69) is 79.6 Å². The predicted octanol–water partition coefficient (Wildman–Crippen LogP) is 7.30. The van der Waals surface area contributed by atoms with Crippen molar-refractivity contribution in [3.8, 4) is 17.2 Å². The van der Waals surface area contributed by atoms with Gasteiger partial charge in [-0.3, -0.25) is 0 Å². The molecule has 0 saturated carbocycles. The van der Waals surface area contributed by atoms with Crippen molar-refractivity contribution in [2.24, 2.45) is 0 Å². The lowest BCUT2D eigenvalue weighted by molar-refractivity contribution is 0.405. The smallest absolute Gasteiger partial charge is 0.145 e. The molecule has 0 amide bonds. The van der Waals surface area contributed by atoms with E-state index in [9.17, 15) is 0 Å². The monoisotopic (exact) mass is 590 g/mol. The zero-order valence-corrected chi connectivity index (χ0v) is 17.9. The Labute approximate surface area is 158 Å². The molecule has 0 atom stereocenters. The molecule has 20 heavy (non-hydrogen) atoms. The Balaban J connectivity index is 2.42. The highest BCUT2D eigenvalue weighted by Gasteiger charge is 2.12. The van der Waals surface area contributed by atoms with Crippen LogP contribution in [0.15, 0.2) is 46.6 Å². The standard InChI is InChI=1S/C13H7Br5O2/c1-19-11-5-13(10(18)3-8(11)16)20-12-4-7(15)6(14)2-9(12)17/h2-5H,1H3. The molecule has 2 aromatic rings. The molecule has 0 saturated heterocycles. The molecule has 0 aliphatic heterocycles. The highest BCUT2D eigenvalue weighted by Crippen LogP contribution is 2.41. The van der Waals surface area contributed by atoms with E-state index in [0.717, 1.165) is 22.4 Å². The maximum Gasteiger partial charge on any atom is 0.145 e. The normalized spacial score (nSPS) is 10.5. The minimum atomic E-state index is 0.667. The zero-order valence-electron chi connectivity index (χ0n) is 10.0. The van der Waals surface area contributed by atoms with Crippen molar-refractivity contribution in [3.63, 3.8) is 0 Å². The van der Waals surface area contributed by atoms with E-state index in [1.807, 2.05) is 24.3 Å². The predicted molar refractivity (Wildman–Crippen MR) is 98.0 cm³/mol. The molecule has 7 heteroatoms. The first-order chi connectivity index (χ1) is 9.42. The Morgan fingerprint density at radius 2 is 1.05 bits per heavy atom. The van der Waals surface area contributed by atoms with Crippen LogP contribution in [0.2, 0.25) is 0 Å². The summed E-state index contributed by atoms with van der Waals surface area (Å²) in [5.74, 6) is 2.07. The van der Waals surface area contributed by atoms with Gasteiger partial charge in [0.15, 0.2) is 0 Å². The first kappa shape index (κ1) is 16.8. The van der Waals surface area contributed by atoms with Crippen molar-refractivity contribution >= 4 is 79.6 Å². The van der Waals surface area contributed by atoms with E-state index in [4.69, 9.17) is 9.47 Å². The third kappa shape index (κ3) is 3.80. The lowest BCUT2D eigenvalue weighted by Gasteiger charge is -2.13. The van der Waals surface area contributed by atoms with Crippen LogP contribution in [0.1, 0.15) is 0 Å². The van der Waals surface area contributed by atoms with Crippen molar-refractivity contribution in [1.82, 2.24) is 0 Å². The Morgan fingerprint density at radius 1 is 0.600 bits per heavy atom. The van der Waals surface area contributed by atoms with Crippen molar-refractivity contribution in [2.75, 3.05) is 7.11 Å². The van der Waals surface area contributed by atoms with Crippen LogP contribution in [-0.2, 0) is 0 Å². The number of rotatable bonds is 3. The molecule has 0 fully saturated rings. The van der Waals surface area contributed by atoms with E-state index >= 15 is 0 Å². The number of hydrogen-bond acceptors (Lipinski definition) is 2. The van der Waals surface area contributed by atoms with Crippen LogP contribution in [0, 0.1) is 0 Å². The highest BCUT2D eigenvalue weighted by molar-refractivity contribution is 9.13. The van der Waals surface area contributed by atoms with Crippen LogP contribution in [0.3, 0.4) is 0 Å². The lowest BCUT2D eigenvalue weighted by Crippen LogP contribution is -1.91. The Bertz CT molecular complexity index is 658. The summed E-state index contributed by atoms with van der Waals surface area (Å²) in [7, 11) is 1.61. The zero-order chi connectivity index (χ0) is 14.9. The first-order valence-corrected chi connectivity index (χ1v) is 9.24. The number of hydrogen-bond donors (Lipinski definition) is 0. The third-order valence-corrected chi connectivity index (χ3v) is 6.10. The molecule has 0 aromatic heterocycles. The van der Waals surface area contributed by atoms with Crippen molar-refractivity contribution in [1.29, 1.82) is 0 Å². The van der Waals surface area contributed by atoms with Gasteiger partial charge in [-0.05, 0) is 97.8 Å². The largest absolute Gasteiger partial charge is 0.495 e. The van der Waals surface area contributed by atoms with Crippen molar-refractivity contribution in [3.05, 3.63) is 46.6 Å². The molecule has 2 aromatic carbocycles. The van der Waals surface area contributed by atoms with Crippen molar-refractivity contribution < 1.29 is 9.47 Å². The van der Waals surface area contributed by atoms with Gasteiger partial charge < -0.3 is 9.47 Å². The quantitative estimate of drug-likeness (QED) is 0.347. The summed E-state index contributed by atoms with van der Waals surface area (Å²) in [6, 6.07) is 7.51. The second-order valence-electron chi connectivity index (χ2n) is 3.72. The molecule has 106 valence electrons. The summed E-state index contributed by atoms with van der Waals surface area (Å²) in [6.07, 6.45) is 0. The summed E-state index contributed by atoms with van der Waals surface area (Å²) in [5, 5.41) is 0. The fourth-order valence-electron chi connectivity index (χ4n) is 1.45. The minimum Gasteiger partial charge on any atom is -0.495 e. The maximum absolute atomic E-state index is 5.93. The van der Waals surface area contributed by atoms with Gasteiger partial charge in [0.2, 0.25) is 0 Å². The molecular formula is C13H7Br5O2. The average Bonchev–Trinajstić information content (AvgIpc) is 2.38. The van der Waals surface area contributed by atoms with E-state index in [1.165, 1.54) is 0 Å². The van der Waals surface area contributed by atoms with Crippen LogP contribution in [0.25, 0.3) is 0 Å². The maximum atomic E-state index is 5.93. The van der Waals surface area contributed by atoms with Gasteiger partial charge >= 0.3 is 0 Å². The molecule has 0 spiro atoms. The van der Waals surface area contributed by atoms with E-state index in [-0.39, 0.29) is 0 Å². The molecule has 0 heterocycles. The fourth-order valence-corrected chi connectivity index (χ4v) is 4.08. The lowest BCUT2D eigenvalue weighted by atomic mass is 10.3. The third-order valence-electron chi connectivity index (χ3n) is 2.40. The number of ether oxygens (including phenoxy) is 2. The van der Waals surface area contributed by atoms with Crippen LogP contribution in [0.4, 0.5) is 0 Å². The van der Waals surface area contributed by atoms with Gasteiger partial charge in [0.25, 0.3) is 0 Å². The Hall–Kier alpha value is 0.440. The first-order valence-electron chi connectivity index (χ1n) is 5.27. The summed E-state index contributed by atoms with van der Waals surface area (Å²) in [6.45, 7) is 0. The Morgan fingerprint density at radius 3 is 1.65 bits per heavy atom. The van der Waals surface area contributed by atoms with E-state index in [1.54, 1.807) is 7.11 Å². The molecular weight excluding hydrogens is 588 g/mol. The van der Waals surface area contributed by atoms with Gasteiger partial charge in [-0.25, -0.2) is 0 Å². The van der Waals surface area contributed by atoms with Gasteiger partial charge in [-0.15, -0.1) is 0 Å². The van der Waals surface area contributed by atoms with Crippen LogP contribution in [-0.4, -0.2) is 7.11 Å². The molecule has 2 rings (SSSR count). The molecule has 0 radical (unpaired) electrons. The summed E-state index contributed by atoms with van der Waals surface area (Å²) < 4.78 is 15.6. The molecule has 0 unspecified atom stereocenters. The average molecular weight is 595 g/mol. The molecule has 0 bridgehead atoms. The van der Waals surface area contributed by atoms with Crippen LogP contribution < -0.4 is 9.47 Å². The van der Waals surface area contributed by atoms with Gasteiger partial charge in [0.1, 0.15) is 17.2 Å². The SMILES string of the molecule is COc1cc(Oc2cc(Br)c(Br)cc2Br)c(Br)cc1Br. The number of benzene rings is 2. The molecule has 0 aliphatic rings. The van der Waals surface area contributed by atoms with Gasteiger partial charge in [-0.2, -0.15) is 0 Å². The summed E-state index contributed by atoms with van der Waals surface area (Å²) >= 11 is 17.3. The second-order valence-corrected chi connectivity index (χ2v) is 7.99. The number of halogens is 5. The fraction of sp³-hybridized carbons (Fsp3) is 0.0769. The van der Waals surface area contributed by atoms with Crippen molar-refractivity contribution in [2.45, 2.75) is 0 Å². The topological polar surface area (TPSA) is 18.5 Å². The highest BCUT2D eigenvalue weighted by atomic mass is 79.9. The molecule has 0 aliphatic carbocycles. The van der Waals surface area contributed by atoms with Crippen LogP contribution in [0.5, 0.6) is 17.2 Å². The molecule has 0 N–H and O–H groups in total. The summed E-state index contributed by atoms with van der Waals surface area (Å²) in [4.78, 5) is 0. The molecule has 2 nitrogen and oxygen atoms in total. The minimum absolute atomic E-state index is 0.667. The van der Waals surface area contributed by atoms with Crippen LogP contribution >= 0.6 is 79.6 Å². The second kappa shape index (κ2) is 7.13. The number of methoxy groups -OCH3 is 1. The van der Waals surface area contributed by atoms with Gasteiger partial charge in [0.05, 0.1) is 20.5 Å². The van der Waals surface area contributed by atoms with E-state index < -0.39 is 0 Å². The van der Waals surface area contributed by atoms with Gasteiger partial charge in [-0.1, -0.05) is 0 Å². The van der Waals surface area contributed by atoms with E-state index in [0.29, 0.717) is 17.2 Å². The Kier molecular flexibility index (Phi) is 5.99.